The summed E-state index contributed by atoms with van der Waals surface area (Å²) < 4.78 is 10.3. The molecule has 2 aromatic carbocycles. The normalized spacial score (nSPS) is 14.8. The van der Waals surface area contributed by atoms with Crippen molar-refractivity contribution in [1.29, 1.82) is 0 Å². The summed E-state index contributed by atoms with van der Waals surface area (Å²) in [7, 11) is 2.74. The van der Waals surface area contributed by atoms with Crippen LogP contribution in [-0.4, -0.2) is 51.7 Å². The van der Waals surface area contributed by atoms with E-state index in [2.05, 4.69) is 0 Å². The van der Waals surface area contributed by atoms with Crippen LogP contribution in [0.4, 0.5) is 5.69 Å². The molecular formula is C20H15NO8S2. The summed E-state index contributed by atoms with van der Waals surface area (Å²) in [5.74, 6) is -3.15. The number of thiocarbonyl (C=S) groups is 1. The van der Waals surface area contributed by atoms with Crippen molar-refractivity contribution in [2.45, 2.75) is 0 Å². The van der Waals surface area contributed by atoms with Crippen LogP contribution in [0.15, 0.2) is 35.2 Å². The number of benzene rings is 2. The highest BCUT2D eigenvalue weighted by molar-refractivity contribution is 8.27. The van der Waals surface area contributed by atoms with Gasteiger partial charge in [0.05, 0.1) is 35.9 Å². The largest absolute Gasteiger partial charge is 0.502 e. The zero-order valence-corrected chi connectivity index (χ0v) is 17.7. The molecule has 3 N–H and O–H groups in total. The molecule has 0 saturated carbocycles. The molecule has 0 radical (unpaired) electrons. The number of carboxylic acids is 2. The van der Waals surface area contributed by atoms with E-state index < -0.39 is 17.8 Å². The van der Waals surface area contributed by atoms with Gasteiger partial charge in [0.25, 0.3) is 5.91 Å². The maximum absolute atomic E-state index is 13.0. The summed E-state index contributed by atoms with van der Waals surface area (Å²) in [6.07, 6.45) is 1.50. The molecule has 1 saturated heterocycles. The van der Waals surface area contributed by atoms with Crippen LogP contribution >= 0.6 is 24.0 Å². The van der Waals surface area contributed by atoms with Gasteiger partial charge < -0.3 is 24.8 Å². The van der Waals surface area contributed by atoms with Gasteiger partial charge in [-0.15, -0.1) is 0 Å². The summed E-state index contributed by atoms with van der Waals surface area (Å²) in [5, 5.41) is 28.6. The van der Waals surface area contributed by atoms with Crippen LogP contribution in [-0.2, 0) is 4.79 Å². The molecule has 160 valence electrons. The van der Waals surface area contributed by atoms with Gasteiger partial charge in [0.1, 0.15) is 0 Å². The molecule has 0 aliphatic carbocycles. The number of hydrogen-bond acceptors (Lipinski definition) is 8. The Balaban J connectivity index is 2.04. The van der Waals surface area contributed by atoms with E-state index in [0.29, 0.717) is 5.56 Å². The third-order valence-electron chi connectivity index (χ3n) is 4.26. The highest BCUT2D eigenvalue weighted by atomic mass is 32.2. The van der Waals surface area contributed by atoms with Crippen molar-refractivity contribution < 1.29 is 39.2 Å². The van der Waals surface area contributed by atoms with Gasteiger partial charge in [0.2, 0.25) is 5.75 Å². The molecule has 11 heteroatoms. The SMILES string of the molecule is COc1cc(/C=C2\SC(=S)N(c3cc(C(=O)O)cc(C(=O)O)c3)C2=O)cc(OC)c1O. The summed E-state index contributed by atoms with van der Waals surface area (Å²) >= 11 is 6.23. The van der Waals surface area contributed by atoms with Gasteiger partial charge >= 0.3 is 11.9 Å². The lowest BCUT2D eigenvalue weighted by Gasteiger charge is -2.16. The van der Waals surface area contributed by atoms with E-state index in [1.54, 1.807) is 0 Å². The van der Waals surface area contributed by atoms with Crippen molar-refractivity contribution in [3.05, 3.63) is 51.9 Å². The number of aromatic hydroxyl groups is 1. The molecule has 3 rings (SSSR count). The number of carbonyl (C=O) groups is 3. The average molecular weight is 461 g/mol. The Labute approximate surface area is 185 Å². The predicted octanol–water partition coefficient (Wildman–Crippen LogP) is 3.21. The van der Waals surface area contributed by atoms with E-state index in [-0.39, 0.29) is 43.3 Å². The van der Waals surface area contributed by atoms with Gasteiger partial charge in [-0.3, -0.25) is 9.69 Å². The number of methoxy groups -OCH3 is 2. The molecule has 0 unspecified atom stereocenters. The molecule has 0 bridgehead atoms. The number of hydrogen-bond donors (Lipinski definition) is 3. The number of carboxylic acid groups (broad SMARTS) is 2. The Kier molecular flexibility index (Phi) is 6.18. The molecule has 0 spiro atoms. The van der Waals surface area contributed by atoms with E-state index in [4.69, 9.17) is 21.7 Å². The van der Waals surface area contributed by atoms with Crippen molar-refractivity contribution in [3.8, 4) is 17.2 Å². The smallest absolute Gasteiger partial charge is 0.335 e. The molecule has 31 heavy (non-hydrogen) atoms. The van der Waals surface area contributed by atoms with Crippen LogP contribution in [0.3, 0.4) is 0 Å². The second kappa shape index (κ2) is 8.66. The van der Waals surface area contributed by atoms with Crippen molar-refractivity contribution in [2.75, 3.05) is 19.1 Å². The number of aromatic carboxylic acids is 2. The first-order valence-electron chi connectivity index (χ1n) is 8.51. The van der Waals surface area contributed by atoms with E-state index in [0.717, 1.165) is 22.7 Å². The maximum atomic E-state index is 13.0. The van der Waals surface area contributed by atoms with Crippen LogP contribution < -0.4 is 14.4 Å². The molecule has 0 atom stereocenters. The fraction of sp³-hybridized carbons (Fsp3) is 0.100. The Morgan fingerprint density at radius 2 is 1.52 bits per heavy atom. The number of rotatable bonds is 6. The number of nitrogens with zero attached hydrogens (tertiary/aromatic N) is 1. The number of phenolic OH excluding ortho intramolecular Hbond substituents is 1. The standard InChI is InChI=1S/C20H15NO8S2/c1-28-13-3-9(4-14(29-2)16(13)22)5-15-17(23)21(20(30)31-15)12-7-10(18(24)25)6-11(8-12)19(26)27/h3-8,22H,1-2H3,(H,24,25)(H,26,27)/b15-5-. The molecule has 1 aliphatic rings. The molecule has 0 aromatic heterocycles. The summed E-state index contributed by atoms with van der Waals surface area (Å²) in [5.41, 5.74) is -0.0662. The Morgan fingerprint density at radius 3 is 1.97 bits per heavy atom. The fourth-order valence-corrected chi connectivity index (χ4v) is 4.13. The van der Waals surface area contributed by atoms with Gasteiger partial charge in [-0.05, 0) is 42.0 Å². The first kappa shape index (κ1) is 22.1. The van der Waals surface area contributed by atoms with Crippen LogP contribution in [0.25, 0.3) is 6.08 Å². The van der Waals surface area contributed by atoms with E-state index in [1.165, 1.54) is 44.6 Å². The van der Waals surface area contributed by atoms with Gasteiger partial charge in [-0.1, -0.05) is 24.0 Å². The molecule has 1 aliphatic heterocycles. The number of thioether (sulfide) groups is 1. The Hall–Kier alpha value is -3.57. The fourth-order valence-electron chi connectivity index (χ4n) is 2.83. The van der Waals surface area contributed by atoms with Gasteiger partial charge in [-0.2, -0.15) is 0 Å². The lowest BCUT2D eigenvalue weighted by molar-refractivity contribution is -0.113. The van der Waals surface area contributed by atoms with E-state index in [1.807, 2.05) is 0 Å². The molecule has 1 fully saturated rings. The van der Waals surface area contributed by atoms with E-state index in [9.17, 15) is 29.7 Å². The number of phenols is 1. The lowest BCUT2D eigenvalue weighted by atomic mass is 10.1. The maximum Gasteiger partial charge on any atom is 0.335 e. The minimum absolute atomic E-state index is 0.0315. The molecular weight excluding hydrogens is 446 g/mol. The van der Waals surface area contributed by atoms with Gasteiger partial charge in [-0.25, -0.2) is 9.59 Å². The first-order valence-corrected chi connectivity index (χ1v) is 9.73. The monoisotopic (exact) mass is 461 g/mol. The number of amides is 1. The average Bonchev–Trinajstić information content (AvgIpc) is 3.01. The zero-order chi connectivity index (χ0) is 22.9. The molecule has 2 aromatic rings. The lowest BCUT2D eigenvalue weighted by Crippen LogP contribution is -2.28. The predicted molar refractivity (Wildman–Crippen MR) is 117 cm³/mol. The summed E-state index contributed by atoms with van der Waals surface area (Å²) in [6, 6.07) is 6.34. The van der Waals surface area contributed by atoms with Crippen LogP contribution in [0.5, 0.6) is 17.2 Å². The Morgan fingerprint density at radius 1 is 1.00 bits per heavy atom. The minimum Gasteiger partial charge on any atom is -0.502 e. The Bertz CT molecular complexity index is 1100. The van der Waals surface area contributed by atoms with E-state index >= 15 is 0 Å². The molecule has 1 heterocycles. The first-order chi connectivity index (χ1) is 14.7. The highest BCUT2D eigenvalue weighted by Gasteiger charge is 2.34. The number of ether oxygens (including phenoxy) is 2. The van der Waals surface area contributed by atoms with Crippen LogP contribution in [0.1, 0.15) is 26.3 Å². The number of anilines is 1. The van der Waals surface area contributed by atoms with Crippen molar-refractivity contribution >= 4 is 57.9 Å². The summed E-state index contributed by atoms with van der Waals surface area (Å²) in [4.78, 5) is 37.0. The van der Waals surface area contributed by atoms with Gasteiger partial charge in [0, 0.05) is 0 Å². The molecule has 1 amide bonds. The van der Waals surface area contributed by atoms with Crippen LogP contribution in [0.2, 0.25) is 0 Å². The van der Waals surface area contributed by atoms with Crippen molar-refractivity contribution in [3.63, 3.8) is 0 Å². The zero-order valence-electron chi connectivity index (χ0n) is 16.1. The van der Waals surface area contributed by atoms with Gasteiger partial charge in [0.15, 0.2) is 15.8 Å². The second-order valence-electron chi connectivity index (χ2n) is 6.17. The number of carbonyl (C=O) groups excluding carboxylic acids is 1. The second-order valence-corrected chi connectivity index (χ2v) is 7.85. The highest BCUT2D eigenvalue weighted by Crippen LogP contribution is 2.40. The topological polar surface area (TPSA) is 134 Å². The summed E-state index contributed by atoms with van der Waals surface area (Å²) in [6.45, 7) is 0. The van der Waals surface area contributed by atoms with Crippen molar-refractivity contribution in [2.24, 2.45) is 0 Å². The third-order valence-corrected chi connectivity index (χ3v) is 5.57. The molecule has 9 nitrogen and oxygen atoms in total. The quantitative estimate of drug-likeness (QED) is 0.435. The third kappa shape index (κ3) is 4.32. The van der Waals surface area contributed by atoms with Crippen LogP contribution in [0, 0.1) is 0 Å². The minimum atomic E-state index is -1.34. The van der Waals surface area contributed by atoms with Crippen molar-refractivity contribution in [1.82, 2.24) is 0 Å².